The van der Waals surface area contributed by atoms with E-state index < -0.39 is 0 Å². The number of hydrogen-bond donors (Lipinski definition) is 1. The first-order chi connectivity index (χ1) is 9.81. The Hall–Kier alpha value is -0.350. The first kappa shape index (κ1) is 19.7. The van der Waals surface area contributed by atoms with Gasteiger partial charge in [0.1, 0.15) is 0 Å². The number of rotatable bonds is 3. The lowest BCUT2D eigenvalue weighted by Gasteiger charge is -2.37. The summed E-state index contributed by atoms with van der Waals surface area (Å²) >= 11 is 0. The first-order valence-corrected chi connectivity index (χ1v) is 8.17. The van der Waals surface area contributed by atoms with Crippen molar-refractivity contribution in [3.05, 3.63) is 29.6 Å². The normalized spacial score (nSPS) is 21.0. The molecule has 0 radical (unpaired) electrons. The van der Waals surface area contributed by atoms with Crippen LogP contribution in [0.2, 0.25) is 0 Å². The van der Waals surface area contributed by atoms with Gasteiger partial charge in [0.25, 0.3) is 0 Å². The lowest BCUT2D eigenvalue weighted by Crippen LogP contribution is -2.39. The molecule has 0 aliphatic carbocycles. The van der Waals surface area contributed by atoms with Crippen molar-refractivity contribution in [3.8, 4) is 0 Å². The SMILES string of the molecule is Cc1cccc(CN2CCC(C3CCNCC3)CC2)n1.Cl.Cl. The van der Waals surface area contributed by atoms with Crippen LogP contribution in [-0.4, -0.2) is 36.1 Å². The highest BCUT2D eigenvalue weighted by Gasteiger charge is 2.27. The number of nitrogens with one attached hydrogen (secondary N) is 1. The Labute approximate surface area is 147 Å². The second-order valence-electron chi connectivity index (χ2n) is 6.47. The third-order valence-electron chi connectivity index (χ3n) is 5.01. The van der Waals surface area contributed by atoms with Crippen molar-refractivity contribution in [2.45, 2.75) is 39.2 Å². The van der Waals surface area contributed by atoms with E-state index in [9.17, 15) is 0 Å². The number of piperidine rings is 2. The van der Waals surface area contributed by atoms with Gasteiger partial charge in [0.05, 0.1) is 5.69 Å². The molecule has 2 aliphatic rings. The van der Waals surface area contributed by atoms with Crippen LogP contribution in [0.1, 0.15) is 37.1 Å². The van der Waals surface area contributed by atoms with Gasteiger partial charge in [0.15, 0.2) is 0 Å². The number of halogens is 2. The fraction of sp³-hybridized carbons (Fsp3) is 0.706. The predicted octanol–water partition coefficient (Wildman–Crippen LogP) is 3.45. The number of hydrogen-bond acceptors (Lipinski definition) is 3. The molecule has 22 heavy (non-hydrogen) atoms. The lowest BCUT2D eigenvalue weighted by molar-refractivity contribution is 0.125. The van der Waals surface area contributed by atoms with Crippen LogP contribution in [0, 0.1) is 18.8 Å². The summed E-state index contributed by atoms with van der Waals surface area (Å²) in [6.45, 7) is 8.08. The van der Waals surface area contributed by atoms with E-state index >= 15 is 0 Å². The first-order valence-electron chi connectivity index (χ1n) is 8.17. The minimum absolute atomic E-state index is 0. The Balaban J connectivity index is 0.00000121. The number of aryl methyl sites for hydroxylation is 1. The van der Waals surface area contributed by atoms with E-state index in [2.05, 4.69) is 40.3 Å². The van der Waals surface area contributed by atoms with E-state index in [1.54, 1.807) is 0 Å². The molecule has 0 spiro atoms. The van der Waals surface area contributed by atoms with Crippen LogP contribution in [0.25, 0.3) is 0 Å². The minimum atomic E-state index is 0. The molecule has 0 amide bonds. The fourth-order valence-corrected chi connectivity index (χ4v) is 3.81. The van der Waals surface area contributed by atoms with Crippen molar-refractivity contribution < 1.29 is 0 Å². The Bertz CT molecular complexity index is 428. The van der Waals surface area contributed by atoms with Gasteiger partial charge < -0.3 is 5.32 Å². The Morgan fingerprint density at radius 3 is 2.32 bits per heavy atom. The van der Waals surface area contributed by atoms with Crippen LogP contribution in [0.4, 0.5) is 0 Å². The average molecular weight is 346 g/mol. The van der Waals surface area contributed by atoms with Crippen LogP contribution >= 0.6 is 24.8 Å². The maximum Gasteiger partial charge on any atom is 0.0547 e. The zero-order valence-corrected chi connectivity index (χ0v) is 15.1. The topological polar surface area (TPSA) is 28.2 Å². The van der Waals surface area contributed by atoms with Gasteiger partial charge in [-0.2, -0.15) is 0 Å². The second kappa shape index (κ2) is 9.71. The summed E-state index contributed by atoms with van der Waals surface area (Å²) in [6, 6.07) is 6.36. The van der Waals surface area contributed by atoms with E-state index in [1.165, 1.54) is 57.6 Å². The summed E-state index contributed by atoms with van der Waals surface area (Å²) in [4.78, 5) is 7.21. The van der Waals surface area contributed by atoms with E-state index in [0.717, 1.165) is 24.1 Å². The summed E-state index contributed by atoms with van der Waals surface area (Å²) in [6.07, 6.45) is 5.56. The molecule has 0 saturated carbocycles. The van der Waals surface area contributed by atoms with Crippen molar-refractivity contribution in [1.82, 2.24) is 15.2 Å². The van der Waals surface area contributed by atoms with Crippen LogP contribution < -0.4 is 5.32 Å². The minimum Gasteiger partial charge on any atom is -0.317 e. The zero-order valence-electron chi connectivity index (χ0n) is 13.5. The van der Waals surface area contributed by atoms with Crippen molar-refractivity contribution in [2.75, 3.05) is 26.2 Å². The fourth-order valence-electron chi connectivity index (χ4n) is 3.81. The monoisotopic (exact) mass is 345 g/mol. The molecule has 1 aromatic heterocycles. The molecule has 1 aromatic rings. The maximum absolute atomic E-state index is 4.63. The van der Waals surface area contributed by atoms with Crippen LogP contribution in [0.15, 0.2) is 18.2 Å². The quantitative estimate of drug-likeness (QED) is 0.909. The van der Waals surface area contributed by atoms with Gasteiger partial charge in [-0.05, 0) is 82.8 Å². The van der Waals surface area contributed by atoms with E-state index in [4.69, 9.17) is 0 Å². The summed E-state index contributed by atoms with van der Waals surface area (Å²) in [5, 5.41) is 3.48. The van der Waals surface area contributed by atoms with Gasteiger partial charge in [-0.15, -0.1) is 24.8 Å². The highest BCUT2D eigenvalue weighted by molar-refractivity contribution is 5.85. The van der Waals surface area contributed by atoms with Crippen molar-refractivity contribution in [2.24, 2.45) is 11.8 Å². The molecule has 126 valence electrons. The Morgan fingerprint density at radius 2 is 1.68 bits per heavy atom. The molecular formula is C17H29Cl2N3. The lowest BCUT2D eigenvalue weighted by atomic mass is 9.79. The molecular weight excluding hydrogens is 317 g/mol. The molecule has 1 N–H and O–H groups in total. The van der Waals surface area contributed by atoms with E-state index in [-0.39, 0.29) is 24.8 Å². The van der Waals surface area contributed by atoms with Gasteiger partial charge in [0, 0.05) is 12.2 Å². The molecule has 0 aromatic carbocycles. The summed E-state index contributed by atoms with van der Waals surface area (Å²) < 4.78 is 0. The molecule has 2 aliphatic heterocycles. The molecule has 0 bridgehead atoms. The molecule has 3 rings (SSSR count). The number of pyridine rings is 1. The summed E-state index contributed by atoms with van der Waals surface area (Å²) in [7, 11) is 0. The van der Waals surface area contributed by atoms with Crippen molar-refractivity contribution >= 4 is 24.8 Å². The van der Waals surface area contributed by atoms with Crippen molar-refractivity contribution in [3.63, 3.8) is 0 Å². The molecule has 0 unspecified atom stereocenters. The summed E-state index contributed by atoms with van der Waals surface area (Å²) in [5.41, 5.74) is 2.36. The molecule has 2 fully saturated rings. The third kappa shape index (κ3) is 5.38. The molecule has 5 heteroatoms. The van der Waals surface area contributed by atoms with Crippen LogP contribution in [0.3, 0.4) is 0 Å². The molecule has 3 nitrogen and oxygen atoms in total. The number of nitrogens with zero attached hydrogens (tertiary/aromatic N) is 2. The maximum atomic E-state index is 4.63. The average Bonchev–Trinajstić information content (AvgIpc) is 2.49. The van der Waals surface area contributed by atoms with E-state index in [1.807, 2.05) is 0 Å². The van der Waals surface area contributed by atoms with Crippen LogP contribution in [0.5, 0.6) is 0 Å². The standard InChI is InChI=1S/C17H27N3.2ClH/c1-14-3-2-4-17(19-14)13-20-11-7-16(8-12-20)15-5-9-18-10-6-15;;/h2-4,15-16,18H,5-13H2,1H3;2*1H. The predicted molar refractivity (Wildman–Crippen MR) is 97.1 cm³/mol. The van der Waals surface area contributed by atoms with Gasteiger partial charge in [-0.25, -0.2) is 0 Å². The zero-order chi connectivity index (χ0) is 13.8. The number of likely N-dealkylation sites (tertiary alicyclic amines) is 1. The largest absolute Gasteiger partial charge is 0.317 e. The number of aromatic nitrogens is 1. The van der Waals surface area contributed by atoms with Gasteiger partial charge in [-0.3, -0.25) is 9.88 Å². The van der Waals surface area contributed by atoms with Crippen molar-refractivity contribution in [1.29, 1.82) is 0 Å². The molecule has 0 atom stereocenters. The Kier molecular flexibility index (Phi) is 8.70. The molecule has 3 heterocycles. The highest BCUT2D eigenvalue weighted by atomic mass is 35.5. The van der Waals surface area contributed by atoms with Gasteiger partial charge in [0.2, 0.25) is 0 Å². The van der Waals surface area contributed by atoms with Gasteiger partial charge >= 0.3 is 0 Å². The van der Waals surface area contributed by atoms with Crippen LogP contribution in [-0.2, 0) is 6.54 Å². The smallest absolute Gasteiger partial charge is 0.0547 e. The molecule has 2 saturated heterocycles. The highest BCUT2D eigenvalue weighted by Crippen LogP contribution is 2.31. The second-order valence-corrected chi connectivity index (χ2v) is 6.47. The van der Waals surface area contributed by atoms with E-state index in [0.29, 0.717) is 0 Å². The summed E-state index contributed by atoms with van der Waals surface area (Å²) in [5.74, 6) is 1.95. The Morgan fingerprint density at radius 1 is 1.05 bits per heavy atom. The third-order valence-corrected chi connectivity index (χ3v) is 5.01. The van der Waals surface area contributed by atoms with Gasteiger partial charge in [-0.1, -0.05) is 6.07 Å².